The maximum absolute atomic E-state index is 13.5. The average molecular weight is 277 g/mol. The average Bonchev–Trinajstić information content (AvgIpc) is 2.88. The fraction of sp³-hybridized carbons (Fsp3) is 0.588. The minimum absolute atomic E-state index is 0.0706. The van der Waals surface area contributed by atoms with Crippen molar-refractivity contribution in [3.8, 4) is 0 Å². The second kappa shape index (κ2) is 6.38. The number of carbonyl (C=O) groups is 1. The summed E-state index contributed by atoms with van der Waals surface area (Å²) in [6, 6.07) is 6.54. The molecule has 0 saturated heterocycles. The first-order valence-corrected chi connectivity index (χ1v) is 7.59. The largest absolute Gasteiger partial charge is 0.355 e. The van der Waals surface area contributed by atoms with Gasteiger partial charge in [0.1, 0.15) is 5.82 Å². The van der Waals surface area contributed by atoms with E-state index < -0.39 is 5.41 Å². The standard InChI is InChI=1S/C17H24FNO/c1-13(2)8-11-19-16(20)17(9-3-4-10-17)14-6-5-7-15(18)12-14/h5-7,12-13H,3-4,8-11H2,1-2H3,(H,19,20). The molecule has 3 heteroatoms. The fourth-order valence-electron chi connectivity index (χ4n) is 3.06. The SMILES string of the molecule is CC(C)CCNC(=O)C1(c2cccc(F)c2)CCCC1. The Balaban J connectivity index is 2.15. The van der Waals surface area contributed by atoms with Crippen LogP contribution in [0.4, 0.5) is 4.39 Å². The monoisotopic (exact) mass is 277 g/mol. The minimum Gasteiger partial charge on any atom is -0.355 e. The molecule has 1 aromatic carbocycles. The minimum atomic E-state index is -0.515. The summed E-state index contributed by atoms with van der Waals surface area (Å²) in [4.78, 5) is 12.6. The van der Waals surface area contributed by atoms with E-state index in [1.165, 1.54) is 12.1 Å². The van der Waals surface area contributed by atoms with E-state index in [-0.39, 0.29) is 11.7 Å². The van der Waals surface area contributed by atoms with Crippen molar-refractivity contribution in [1.82, 2.24) is 5.32 Å². The second-order valence-electron chi connectivity index (χ2n) is 6.24. The lowest BCUT2D eigenvalue weighted by atomic mass is 9.78. The normalized spacial score (nSPS) is 17.4. The second-order valence-corrected chi connectivity index (χ2v) is 6.24. The molecule has 0 aromatic heterocycles. The maximum Gasteiger partial charge on any atom is 0.230 e. The third-order valence-electron chi connectivity index (χ3n) is 4.28. The van der Waals surface area contributed by atoms with E-state index in [0.717, 1.165) is 37.7 Å². The van der Waals surface area contributed by atoms with E-state index in [1.54, 1.807) is 6.07 Å². The van der Waals surface area contributed by atoms with Gasteiger partial charge in [0.25, 0.3) is 0 Å². The Morgan fingerprint density at radius 3 is 2.65 bits per heavy atom. The number of carbonyl (C=O) groups excluding carboxylic acids is 1. The first kappa shape index (κ1) is 15.0. The van der Waals surface area contributed by atoms with Crippen LogP contribution in [0.1, 0.15) is 51.5 Å². The van der Waals surface area contributed by atoms with E-state index in [4.69, 9.17) is 0 Å². The van der Waals surface area contributed by atoms with Crippen LogP contribution in [-0.2, 0) is 10.2 Å². The molecule has 2 rings (SSSR count). The number of amides is 1. The lowest BCUT2D eigenvalue weighted by Gasteiger charge is -2.28. The van der Waals surface area contributed by atoms with Crippen molar-refractivity contribution in [3.05, 3.63) is 35.6 Å². The van der Waals surface area contributed by atoms with E-state index >= 15 is 0 Å². The molecule has 1 aromatic rings. The highest BCUT2D eigenvalue weighted by atomic mass is 19.1. The Morgan fingerprint density at radius 2 is 2.05 bits per heavy atom. The molecule has 0 radical (unpaired) electrons. The molecule has 1 amide bonds. The summed E-state index contributed by atoms with van der Waals surface area (Å²) in [5, 5.41) is 3.05. The molecular formula is C17H24FNO. The molecule has 0 spiro atoms. The van der Waals surface area contributed by atoms with Crippen molar-refractivity contribution in [2.45, 2.75) is 51.4 Å². The van der Waals surface area contributed by atoms with Crippen LogP contribution in [0.2, 0.25) is 0 Å². The molecule has 110 valence electrons. The predicted molar refractivity (Wildman–Crippen MR) is 79.0 cm³/mol. The first-order valence-electron chi connectivity index (χ1n) is 7.59. The summed E-state index contributed by atoms with van der Waals surface area (Å²) < 4.78 is 13.5. The summed E-state index contributed by atoms with van der Waals surface area (Å²) in [7, 11) is 0. The van der Waals surface area contributed by atoms with Gasteiger partial charge in [0.15, 0.2) is 0 Å². The molecule has 0 bridgehead atoms. The van der Waals surface area contributed by atoms with Gasteiger partial charge >= 0.3 is 0 Å². The first-order chi connectivity index (χ1) is 9.54. The Labute approximate surface area is 120 Å². The fourth-order valence-corrected chi connectivity index (χ4v) is 3.06. The van der Waals surface area contributed by atoms with Crippen molar-refractivity contribution in [2.24, 2.45) is 5.92 Å². The highest BCUT2D eigenvalue weighted by molar-refractivity contribution is 5.88. The molecule has 0 atom stereocenters. The summed E-state index contributed by atoms with van der Waals surface area (Å²) in [6.45, 7) is 4.99. The van der Waals surface area contributed by atoms with Gasteiger partial charge in [-0.25, -0.2) is 4.39 Å². The molecule has 1 N–H and O–H groups in total. The number of halogens is 1. The van der Waals surface area contributed by atoms with Crippen LogP contribution in [0, 0.1) is 11.7 Å². The van der Waals surface area contributed by atoms with Gasteiger partial charge in [-0.05, 0) is 42.9 Å². The highest BCUT2D eigenvalue weighted by Crippen LogP contribution is 2.41. The predicted octanol–water partition coefficient (Wildman–Crippen LogP) is 3.80. The molecule has 0 unspecified atom stereocenters. The zero-order chi connectivity index (χ0) is 14.6. The van der Waals surface area contributed by atoms with Crippen LogP contribution in [-0.4, -0.2) is 12.5 Å². The van der Waals surface area contributed by atoms with Gasteiger partial charge in [-0.3, -0.25) is 4.79 Å². The lowest BCUT2D eigenvalue weighted by molar-refractivity contribution is -0.126. The summed E-state index contributed by atoms with van der Waals surface area (Å²) in [6.07, 6.45) is 4.70. The van der Waals surface area contributed by atoms with Gasteiger partial charge in [-0.1, -0.05) is 38.8 Å². The van der Waals surface area contributed by atoms with Crippen molar-refractivity contribution in [3.63, 3.8) is 0 Å². The lowest BCUT2D eigenvalue weighted by Crippen LogP contribution is -2.43. The number of nitrogens with one attached hydrogen (secondary N) is 1. The molecule has 0 heterocycles. The van der Waals surface area contributed by atoms with Gasteiger partial charge in [0, 0.05) is 6.54 Å². The molecule has 2 nitrogen and oxygen atoms in total. The van der Waals surface area contributed by atoms with Crippen molar-refractivity contribution in [2.75, 3.05) is 6.54 Å². The Kier molecular flexibility index (Phi) is 4.79. The van der Waals surface area contributed by atoms with Crippen LogP contribution < -0.4 is 5.32 Å². The highest BCUT2D eigenvalue weighted by Gasteiger charge is 2.42. The van der Waals surface area contributed by atoms with Gasteiger partial charge in [-0.15, -0.1) is 0 Å². The zero-order valence-electron chi connectivity index (χ0n) is 12.4. The summed E-state index contributed by atoms with van der Waals surface area (Å²) in [5.74, 6) is 0.383. The molecule has 20 heavy (non-hydrogen) atoms. The van der Waals surface area contributed by atoms with Gasteiger partial charge in [0.2, 0.25) is 5.91 Å². The quantitative estimate of drug-likeness (QED) is 0.871. The molecule has 1 fully saturated rings. The Morgan fingerprint density at radius 1 is 1.35 bits per heavy atom. The van der Waals surface area contributed by atoms with Gasteiger partial charge in [0.05, 0.1) is 5.41 Å². The summed E-state index contributed by atoms with van der Waals surface area (Å²) in [5.41, 5.74) is 0.316. The third kappa shape index (κ3) is 3.20. The van der Waals surface area contributed by atoms with Crippen LogP contribution in [0.25, 0.3) is 0 Å². The number of hydrogen-bond donors (Lipinski definition) is 1. The van der Waals surface area contributed by atoms with Crippen molar-refractivity contribution < 1.29 is 9.18 Å². The van der Waals surface area contributed by atoms with Crippen molar-refractivity contribution in [1.29, 1.82) is 0 Å². The van der Waals surface area contributed by atoms with Crippen molar-refractivity contribution >= 4 is 5.91 Å². The topological polar surface area (TPSA) is 29.1 Å². The smallest absolute Gasteiger partial charge is 0.230 e. The molecule has 0 aliphatic heterocycles. The van der Waals surface area contributed by atoms with Crippen LogP contribution >= 0.6 is 0 Å². The van der Waals surface area contributed by atoms with Gasteiger partial charge < -0.3 is 5.32 Å². The van der Waals surface area contributed by atoms with E-state index in [1.807, 2.05) is 6.07 Å². The van der Waals surface area contributed by atoms with Gasteiger partial charge in [-0.2, -0.15) is 0 Å². The molecule has 1 saturated carbocycles. The van der Waals surface area contributed by atoms with E-state index in [9.17, 15) is 9.18 Å². The zero-order valence-corrected chi connectivity index (χ0v) is 12.4. The molecule has 1 aliphatic rings. The van der Waals surface area contributed by atoms with E-state index in [2.05, 4.69) is 19.2 Å². The number of rotatable bonds is 5. The number of hydrogen-bond acceptors (Lipinski definition) is 1. The summed E-state index contributed by atoms with van der Waals surface area (Å²) >= 11 is 0. The maximum atomic E-state index is 13.5. The third-order valence-corrected chi connectivity index (χ3v) is 4.28. The van der Waals surface area contributed by atoms with Crippen LogP contribution in [0.5, 0.6) is 0 Å². The van der Waals surface area contributed by atoms with Crippen LogP contribution in [0.15, 0.2) is 24.3 Å². The molecular weight excluding hydrogens is 253 g/mol. The number of benzene rings is 1. The van der Waals surface area contributed by atoms with E-state index in [0.29, 0.717) is 12.5 Å². The van der Waals surface area contributed by atoms with Crippen LogP contribution in [0.3, 0.4) is 0 Å². The molecule has 1 aliphatic carbocycles. The Bertz CT molecular complexity index is 464. The Hall–Kier alpha value is -1.38.